The number of rotatable bonds is 8. The van der Waals surface area contributed by atoms with E-state index >= 15 is 0 Å². The third-order valence-electron chi connectivity index (χ3n) is 4.35. The highest BCUT2D eigenvalue weighted by Gasteiger charge is 2.07. The number of hydrogen-bond donors (Lipinski definition) is 2. The molecule has 0 fully saturated rings. The topological polar surface area (TPSA) is 105 Å². The number of carbonyl (C=O) groups is 1. The third-order valence-corrected chi connectivity index (χ3v) is 4.35. The van der Waals surface area contributed by atoms with Crippen LogP contribution in [0.25, 0.3) is 10.9 Å². The molecule has 29 heavy (non-hydrogen) atoms. The van der Waals surface area contributed by atoms with Crippen molar-refractivity contribution in [1.82, 2.24) is 24.8 Å². The zero-order valence-electron chi connectivity index (χ0n) is 16.8. The number of aryl methyl sites for hydroxylation is 2. The van der Waals surface area contributed by atoms with Gasteiger partial charge in [-0.2, -0.15) is 0 Å². The maximum atomic E-state index is 12.4. The molecule has 1 amide bonds. The average Bonchev–Trinajstić information content (AvgIpc) is 2.70. The van der Waals surface area contributed by atoms with Crippen molar-refractivity contribution >= 4 is 28.4 Å². The first-order chi connectivity index (χ1) is 13.9. The highest BCUT2D eigenvalue weighted by atomic mass is 16.1. The van der Waals surface area contributed by atoms with Gasteiger partial charge in [0.25, 0.3) is 5.56 Å². The first-order valence-electron chi connectivity index (χ1n) is 9.42. The summed E-state index contributed by atoms with van der Waals surface area (Å²) in [5, 5.41) is 6.57. The number of amides is 1. The Morgan fingerprint density at radius 3 is 2.76 bits per heavy atom. The summed E-state index contributed by atoms with van der Waals surface area (Å²) >= 11 is 0. The predicted octanol–water partition coefficient (Wildman–Crippen LogP) is 1.18. The van der Waals surface area contributed by atoms with Gasteiger partial charge in [-0.25, -0.2) is 15.0 Å². The Bertz CT molecular complexity index is 1060. The largest absolute Gasteiger partial charge is 0.368 e. The van der Waals surface area contributed by atoms with E-state index in [1.54, 1.807) is 18.2 Å². The molecular formula is C20H25N7O2. The number of nitrogens with one attached hydrogen (secondary N) is 2. The molecule has 152 valence electrons. The quantitative estimate of drug-likeness (QED) is 0.552. The van der Waals surface area contributed by atoms with Gasteiger partial charge >= 0.3 is 0 Å². The van der Waals surface area contributed by atoms with Crippen LogP contribution in [0.3, 0.4) is 0 Å². The second-order valence-corrected chi connectivity index (χ2v) is 6.84. The standard InChI is InChI=1S/C20H25N7O2/c1-14-24-17(12-18(25-14)26(2)3)21-9-10-22-19(28)8-11-27-13-23-16-7-5-4-6-15(16)20(27)29/h4-7,12-13H,8-11H2,1-3H3,(H,22,28)(H,21,24,25). The van der Waals surface area contributed by atoms with Crippen LogP contribution in [-0.2, 0) is 11.3 Å². The smallest absolute Gasteiger partial charge is 0.261 e. The molecule has 9 nitrogen and oxygen atoms in total. The van der Waals surface area contributed by atoms with Crippen molar-refractivity contribution < 1.29 is 4.79 Å². The molecule has 2 N–H and O–H groups in total. The molecule has 0 saturated heterocycles. The summed E-state index contributed by atoms with van der Waals surface area (Å²) < 4.78 is 1.46. The SMILES string of the molecule is Cc1nc(NCCNC(=O)CCn2cnc3ccccc3c2=O)cc(N(C)C)n1. The predicted molar refractivity (Wildman–Crippen MR) is 113 cm³/mol. The van der Waals surface area contributed by atoms with Crippen molar-refractivity contribution in [3.8, 4) is 0 Å². The molecule has 3 aromatic rings. The average molecular weight is 395 g/mol. The Morgan fingerprint density at radius 1 is 1.17 bits per heavy atom. The van der Waals surface area contributed by atoms with E-state index in [4.69, 9.17) is 0 Å². The second kappa shape index (κ2) is 9.13. The van der Waals surface area contributed by atoms with Crippen LogP contribution in [0.2, 0.25) is 0 Å². The number of aromatic nitrogens is 4. The Morgan fingerprint density at radius 2 is 1.97 bits per heavy atom. The molecule has 0 spiro atoms. The van der Waals surface area contributed by atoms with Gasteiger partial charge in [0.15, 0.2) is 0 Å². The molecule has 0 saturated carbocycles. The highest BCUT2D eigenvalue weighted by Crippen LogP contribution is 2.12. The van der Waals surface area contributed by atoms with Gasteiger partial charge < -0.3 is 15.5 Å². The van der Waals surface area contributed by atoms with Crippen LogP contribution in [0.15, 0.2) is 41.5 Å². The number of carbonyl (C=O) groups excluding carboxylic acids is 1. The molecule has 1 aromatic carbocycles. The van der Waals surface area contributed by atoms with E-state index in [1.165, 1.54) is 10.9 Å². The van der Waals surface area contributed by atoms with Crippen LogP contribution in [0.4, 0.5) is 11.6 Å². The van der Waals surface area contributed by atoms with Gasteiger partial charge in [0, 0.05) is 46.2 Å². The van der Waals surface area contributed by atoms with Gasteiger partial charge in [-0.15, -0.1) is 0 Å². The fourth-order valence-electron chi connectivity index (χ4n) is 2.84. The van der Waals surface area contributed by atoms with Crippen molar-refractivity contribution in [3.63, 3.8) is 0 Å². The van der Waals surface area contributed by atoms with Crippen LogP contribution in [-0.4, -0.2) is 52.6 Å². The molecule has 0 atom stereocenters. The minimum Gasteiger partial charge on any atom is -0.368 e. The Balaban J connectivity index is 1.46. The molecule has 0 aliphatic carbocycles. The first-order valence-corrected chi connectivity index (χ1v) is 9.42. The van der Waals surface area contributed by atoms with E-state index in [1.807, 2.05) is 38.1 Å². The monoisotopic (exact) mass is 395 g/mol. The van der Waals surface area contributed by atoms with Crippen LogP contribution in [0.1, 0.15) is 12.2 Å². The number of fused-ring (bicyclic) bond motifs is 1. The molecular weight excluding hydrogens is 370 g/mol. The van der Waals surface area contributed by atoms with Crippen molar-refractivity contribution in [3.05, 3.63) is 52.8 Å². The second-order valence-electron chi connectivity index (χ2n) is 6.84. The van der Waals surface area contributed by atoms with Crippen LogP contribution < -0.4 is 21.1 Å². The van der Waals surface area contributed by atoms with E-state index in [9.17, 15) is 9.59 Å². The molecule has 0 aliphatic rings. The molecule has 0 unspecified atom stereocenters. The van der Waals surface area contributed by atoms with E-state index in [0.29, 0.717) is 35.6 Å². The minimum absolute atomic E-state index is 0.125. The molecule has 2 heterocycles. The number of benzene rings is 1. The Kier molecular flexibility index (Phi) is 6.38. The fourth-order valence-corrected chi connectivity index (χ4v) is 2.84. The van der Waals surface area contributed by atoms with Gasteiger partial charge in [0.05, 0.1) is 17.2 Å². The third kappa shape index (κ3) is 5.28. The molecule has 9 heteroatoms. The number of nitrogens with zero attached hydrogens (tertiary/aromatic N) is 5. The lowest BCUT2D eigenvalue weighted by Gasteiger charge is -2.14. The number of hydrogen-bond acceptors (Lipinski definition) is 7. The summed E-state index contributed by atoms with van der Waals surface area (Å²) in [6.45, 7) is 3.10. The van der Waals surface area contributed by atoms with E-state index < -0.39 is 0 Å². The van der Waals surface area contributed by atoms with Crippen molar-refractivity contribution in [2.75, 3.05) is 37.4 Å². The maximum Gasteiger partial charge on any atom is 0.261 e. The van der Waals surface area contributed by atoms with E-state index in [0.717, 1.165) is 5.82 Å². The first kappa shape index (κ1) is 20.2. The van der Waals surface area contributed by atoms with Crippen molar-refractivity contribution in [1.29, 1.82) is 0 Å². The lowest BCUT2D eigenvalue weighted by molar-refractivity contribution is -0.121. The van der Waals surface area contributed by atoms with Gasteiger partial charge in [-0.05, 0) is 19.1 Å². The van der Waals surface area contributed by atoms with E-state index in [2.05, 4.69) is 25.6 Å². The molecule has 3 rings (SSSR count). The molecule has 0 bridgehead atoms. The van der Waals surface area contributed by atoms with Crippen LogP contribution in [0.5, 0.6) is 0 Å². The normalized spacial score (nSPS) is 10.7. The van der Waals surface area contributed by atoms with Gasteiger partial charge in [-0.3, -0.25) is 14.2 Å². The molecule has 0 aliphatic heterocycles. The Hall–Kier alpha value is -3.49. The van der Waals surface area contributed by atoms with Gasteiger partial charge in [-0.1, -0.05) is 12.1 Å². The van der Waals surface area contributed by atoms with Crippen molar-refractivity contribution in [2.45, 2.75) is 19.9 Å². The van der Waals surface area contributed by atoms with Crippen LogP contribution in [0, 0.1) is 6.92 Å². The summed E-state index contributed by atoms with van der Waals surface area (Å²) in [5.41, 5.74) is 0.516. The summed E-state index contributed by atoms with van der Waals surface area (Å²) in [4.78, 5) is 39.4. The lowest BCUT2D eigenvalue weighted by atomic mass is 10.2. The zero-order chi connectivity index (χ0) is 20.8. The highest BCUT2D eigenvalue weighted by molar-refractivity contribution is 5.77. The molecule has 0 radical (unpaired) electrons. The number of anilines is 2. The fraction of sp³-hybridized carbons (Fsp3) is 0.350. The molecule has 2 aromatic heterocycles. The van der Waals surface area contributed by atoms with E-state index in [-0.39, 0.29) is 24.4 Å². The summed E-state index contributed by atoms with van der Waals surface area (Å²) in [6, 6.07) is 9.03. The number of para-hydroxylation sites is 1. The van der Waals surface area contributed by atoms with Crippen molar-refractivity contribution in [2.24, 2.45) is 0 Å². The Labute approximate surface area is 168 Å². The zero-order valence-corrected chi connectivity index (χ0v) is 16.8. The summed E-state index contributed by atoms with van der Waals surface area (Å²) in [5.74, 6) is 2.08. The van der Waals surface area contributed by atoms with Gasteiger partial charge in [0.1, 0.15) is 17.5 Å². The summed E-state index contributed by atoms with van der Waals surface area (Å²) in [6.07, 6.45) is 1.69. The van der Waals surface area contributed by atoms with Gasteiger partial charge in [0.2, 0.25) is 5.91 Å². The van der Waals surface area contributed by atoms with Crippen LogP contribution >= 0.6 is 0 Å². The lowest BCUT2D eigenvalue weighted by Crippen LogP contribution is -2.31. The summed E-state index contributed by atoms with van der Waals surface area (Å²) in [7, 11) is 3.84. The maximum absolute atomic E-state index is 12.4. The minimum atomic E-state index is -0.138.